The van der Waals surface area contributed by atoms with Crippen molar-refractivity contribution in [2.24, 2.45) is 5.73 Å². The van der Waals surface area contributed by atoms with Gasteiger partial charge in [-0.2, -0.15) is 4.73 Å². The molecule has 0 aliphatic rings. The molecular weight excluding hydrogens is 372 g/mol. The van der Waals surface area contributed by atoms with Crippen molar-refractivity contribution < 1.29 is 14.4 Å². The molecule has 9 nitrogen and oxygen atoms in total. The van der Waals surface area contributed by atoms with Crippen LogP contribution in [0.25, 0.3) is 22.1 Å². The zero-order chi connectivity index (χ0) is 20.4. The van der Waals surface area contributed by atoms with Crippen LogP contribution in [0.4, 0.5) is 0 Å². The molecule has 1 atom stereocenters. The number of amides is 1. The number of aromatic amines is 1. The second kappa shape index (κ2) is 7.72. The van der Waals surface area contributed by atoms with Crippen LogP contribution in [0, 0.1) is 0 Å². The van der Waals surface area contributed by atoms with E-state index in [9.17, 15) is 9.59 Å². The van der Waals surface area contributed by atoms with E-state index in [0.717, 1.165) is 16.9 Å². The molecule has 9 heteroatoms. The summed E-state index contributed by atoms with van der Waals surface area (Å²) in [6.07, 6.45) is 1.96. The molecule has 2 aromatic heterocycles. The Balaban J connectivity index is 1.39. The highest BCUT2D eigenvalue weighted by atomic mass is 16.7. The van der Waals surface area contributed by atoms with Crippen LogP contribution in [0.2, 0.25) is 0 Å². The summed E-state index contributed by atoms with van der Waals surface area (Å²) in [5, 5.41) is 2.88. The van der Waals surface area contributed by atoms with Crippen molar-refractivity contribution in [3.05, 3.63) is 60.2 Å². The topological polar surface area (TPSA) is 128 Å². The van der Waals surface area contributed by atoms with Gasteiger partial charge in [-0.25, -0.2) is 14.8 Å². The van der Waals surface area contributed by atoms with Gasteiger partial charge in [0.05, 0.1) is 16.6 Å². The lowest BCUT2D eigenvalue weighted by atomic mass is 10.2. The molecule has 29 heavy (non-hydrogen) atoms. The lowest BCUT2D eigenvalue weighted by Gasteiger charge is -2.07. The van der Waals surface area contributed by atoms with Crippen LogP contribution in [0.1, 0.15) is 23.1 Å². The van der Waals surface area contributed by atoms with Gasteiger partial charge in [-0.15, -0.1) is 0 Å². The van der Waals surface area contributed by atoms with Gasteiger partial charge in [-0.1, -0.05) is 12.1 Å². The Labute approximate surface area is 165 Å². The predicted octanol–water partition coefficient (Wildman–Crippen LogP) is 1.19. The number of nitrogens with two attached hydrogens (primary N) is 1. The Kier molecular flexibility index (Phi) is 4.96. The van der Waals surface area contributed by atoms with Gasteiger partial charge in [-0.05, 0) is 37.3 Å². The van der Waals surface area contributed by atoms with E-state index in [2.05, 4.69) is 20.3 Å². The monoisotopic (exact) mass is 392 g/mol. The summed E-state index contributed by atoms with van der Waals surface area (Å²) in [6, 6.07) is 12.0. The molecule has 1 amide bonds. The maximum atomic E-state index is 12.4. The molecule has 4 rings (SSSR count). The van der Waals surface area contributed by atoms with Gasteiger partial charge in [0.2, 0.25) is 0 Å². The molecule has 0 fully saturated rings. The first-order valence-electron chi connectivity index (χ1n) is 9.18. The van der Waals surface area contributed by atoms with Crippen LogP contribution >= 0.6 is 0 Å². The van der Waals surface area contributed by atoms with Gasteiger partial charge in [0.1, 0.15) is 23.7 Å². The third-order valence-electron chi connectivity index (χ3n) is 4.42. The van der Waals surface area contributed by atoms with Gasteiger partial charge < -0.3 is 20.9 Å². The van der Waals surface area contributed by atoms with Crippen molar-refractivity contribution >= 4 is 33.9 Å². The van der Waals surface area contributed by atoms with E-state index in [1.807, 2.05) is 24.3 Å². The molecule has 0 aliphatic heterocycles. The van der Waals surface area contributed by atoms with Crippen LogP contribution in [-0.4, -0.2) is 44.1 Å². The number of benzene rings is 2. The zero-order valence-electron chi connectivity index (χ0n) is 15.8. The number of carbonyl (C=O) groups excluding carboxylic acids is 2. The van der Waals surface area contributed by atoms with Gasteiger partial charge in [0, 0.05) is 18.5 Å². The highest BCUT2D eigenvalue weighted by molar-refractivity contribution is 5.97. The summed E-state index contributed by atoms with van der Waals surface area (Å²) in [5.74, 6) is 0.0264. The van der Waals surface area contributed by atoms with Crippen molar-refractivity contribution in [1.29, 1.82) is 0 Å². The molecule has 0 aliphatic carbocycles. The molecule has 0 spiro atoms. The van der Waals surface area contributed by atoms with E-state index >= 15 is 0 Å². The number of H-pyrrole nitrogens is 1. The van der Waals surface area contributed by atoms with Gasteiger partial charge in [0.25, 0.3) is 5.91 Å². The SMILES string of the molecule is CC(N)C(=O)On1cnc2cc(C(=O)NCCc3nc4ccccc4[nH]3)ccc21. The van der Waals surface area contributed by atoms with Crippen molar-refractivity contribution in [1.82, 2.24) is 25.0 Å². The number of imidazole rings is 2. The molecule has 1 unspecified atom stereocenters. The Hall–Kier alpha value is -3.72. The number of hydrogen-bond acceptors (Lipinski definition) is 6. The number of nitrogens with zero attached hydrogens (tertiary/aromatic N) is 3. The van der Waals surface area contributed by atoms with Crippen LogP contribution in [0.5, 0.6) is 0 Å². The van der Waals surface area contributed by atoms with E-state index < -0.39 is 12.0 Å². The second-order valence-corrected chi connectivity index (χ2v) is 6.68. The summed E-state index contributed by atoms with van der Waals surface area (Å²) < 4.78 is 1.24. The first kappa shape index (κ1) is 18.6. The molecule has 0 radical (unpaired) electrons. The van der Waals surface area contributed by atoms with Crippen molar-refractivity contribution in [2.75, 3.05) is 6.54 Å². The van der Waals surface area contributed by atoms with E-state index in [1.165, 1.54) is 18.0 Å². The summed E-state index contributed by atoms with van der Waals surface area (Å²) in [4.78, 5) is 41.1. The van der Waals surface area contributed by atoms with Crippen LogP contribution in [0.3, 0.4) is 0 Å². The summed E-state index contributed by atoms with van der Waals surface area (Å²) in [6.45, 7) is 1.98. The average molecular weight is 392 g/mol. The van der Waals surface area contributed by atoms with Crippen LogP contribution in [0.15, 0.2) is 48.8 Å². The van der Waals surface area contributed by atoms with Crippen molar-refractivity contribution in [3.63, 3.8) is 0 Å². The fourth-order valence-electron chi connectivity index (χ4n) is 2.90. The van der Waals surface area contributed by atoms with Crippen molar-refractivity contribution in [2.45, 2.75) is 19.4 Å². The zero-order valence-corrected chi connectivity index (χ0v) is 15.8. The molecule has 4 aromatic rings. The third kappa shape index (κ3) is 3.94. The third-order valence-corrected chi connectivity index (χ3v) is 4.42. The molecule has 148 valence electrons. The number of aromatic nitrogens is 4. The maximum Gasteiger partial charge on any atom is 0.349 e. The smallest absolute Gasteiger partial charge is 0.349 e. The van der Waals surface area contributed by atoms with E-state index in [1.54, 1.807) is 18.2 Å². The minimum Gasteiger partial charge on any atom is -0.352 e. The van der Waals surface area contributed by atoms with Crippen LogP contribution < -0.4 is 15.9 Å². The fraction of sp³-hybridized carbons (Fsp3) is 0.200. The number of nitrogens with one attached hydrogen (secondary N) is 2. The average Bonchev–Trinajstić information content (AvgIpc) is 3.31. The van der Waals surface area contributed by atoms with E-state index in [-0.39, 0.29) is 5.91 Å². The number of fused-ring (bicyclic) bond motifs is 2. The maximum absolute atomic E-state index is 12.4. The van der Waals surface area contributed by atoms with E-state index in [4.69, 9.17) is 10.6 Å². The Bertz CT molecular complexity index is 1160. The Morgan fingerprint density at radius 2 is 2.07 bits per heavy atom. The minimum atomic E-state index is -0.746. The van der Waals surface area contributed by atoms with Crippen molar-refractivity contribution in [3.8, 4) is 0 Å². The largest absolute Gasteiger partial charge is 0.352 e. The molecule has 2 heterocycles. The van der Waals surface area contributed by atoms with Gasteiger partial charge >= 0.3 is 5.97 Å². The predicted molar refractivity (Wildman–Crippen MR) is 107 cm³/mol. The fourth-order valence-corrected chi connectivity index (χ4v) is 2.90. The first-order valence-corrected chi connectivity index (χ1v) is 9.18. The normalized spacial score (nSPS) is 12.2. The number of hydrogen-bond donors (Lipinski definition) is 3. The van der Waals surface area contributed by atoms with Gasteiger partial charge in [0.15, 0.2) is 0 Å². The molecule has 0 saturated carbocycles. The first-order chi connectivity index (χ1) is 14.0. The highest BCUT2D eigenvalue weighted by Crippen LogP contribution is 2.15. The number of rotatable bonds is 6. The summed E-state index contributed by atoms with van der Waals surface area (Å²) in [5.41, 5.74) is 8.94. The molecule has 0 saturated heterocycles. The minimum absolute atomic E-state index is 0.217. The van der Waals surface area contributed by atoms with Crippen LogP contribution in [-0.2, 0) is 11.2 Å². The lowest BCUT2D eigenvalue weighted by molar-refractivity contribution is -0.144. The standard InChI is InChI=1S/C20H20N6O3/c1-12(21)20(28)29-26-11-23-16-10-13(6-7-17(16)26)19(27)22-9-8-18-24-14-4-2-3-5-15(14)25-18/h2-7,10-12H,8-9,21H2,1H3,(H,22,27)(H,24,25). The second-order valence-electron chi connectivity index (χ2n) is 6.68. The lowest BCUT2D eigenvalue weighted by Crippen LogP contribution is -2.34. The summed E-state index contributed by atoms with van der Waals surface area (Å²) >= 11 is 0. The van der Waals surface area contributed by atoms with E-state index in [0.29, 0.717) is 29.6 Å². The molecule has 0 bridgehead atoms. The molecular formula is C20H20N6O3. The summed E-state index contributed by atoms with van der Waals surface area (Å²) in [7, 11) is 0. The highest BCUT2D eigenvalue weighted by Gasteiger charge is 2.14. The number of para-hydroxylation sites is 2. The van der Waals surface area contributed by atoms with Gasteiger partial charge in [-0.3, -0.25) is 4.79 Å². The number of carbonyl (C=O) groups is 2. The molecule has 4 N–H and O–H groups in total. The Morgan fingerprint density at radius 3 is 2.86 bits per heavy atom. The quantitative estimate of drug-likeness (QED) is 0.452. The Morgan fingerprint density at radius 1 is 1.24 bits per heavy atom. The molecule has 2 aromatic carbocycles.